The van der Waals surface area contributed by atoms with Gasteiger partial charge in [0.2, 0.25) is 0 Å². The quantitative estimate of drug-likeness (QED) is 0.0279. The molecule has 6 N–H and O–H groups in total. The van der Waals surface area contributed by atoms with Gasteiger partial charge in [-0.3, -0.25) is 14.4 Å². The van der Waals surface area contributed by atoms with Crippen molar-refractivity contribution in [3.8, 4) is 23.0 Å². The van der Waals surface area contributed by atoms with E-state index in [4.69, 9.17) is 23.8 Å². The Kier molecular flexibility index (Phi) is 18.0. The van der Waals surface area contributed by atoms with Gasteiger partial charge < -0.3 is 54.6 Å². The van der Waals surface area contributed by atoms with Gasteiger partial charge in [0.1, 0.15) is 30.0 Å². The highest BCUT2D eigenvalue weighted by Gasteiger charge is 2.50. The van der Waals surface area contributed by atoms with Crippen LogP contribution < -0.4 is 10.1 Å². The highest BCUT2D eigenvalue weighted by Crippen LogP contribution is 2.55. The van der Waals surface area contributed by atoms with Crippen molar-refractivity contribution >= 4 is 40.3 Å². The number of ketones is 1. The van der Waals surface area contributed by atoms with Crippen LogP contribution in [0, 0.1) is 30.6 Å². The van der Waals surface area contributed by atoms with Gasteiger partial charge in [-0.15, -0.1) is 0 Å². The van der Waals surface area contributed by atoms with Crippen molar-refractivity contribution in [3.05, 3.63) is 52.8 Å². The van der Waals surface area contributed by atoms with Gasteiger partial charge >= 0.3 is 11.8 Å². The number of amides is 1. The molecular weight excluding hydrogens is 813 g/mol. The number of hydrogen-bond donors (Lipinski definition) is 6. The molecule has 9 atom stereocenters. The molecule has 0 aromatic heterocycles. The number of phenolic OH excluding ortho intramolecular Hbond substituents is 3. The number of phenols is 3. The van der Waals surface area contributed by atoms with Crippen molar-refractivity contribution in [3.63, 3.8) is 0 Å². The number of nitrogens with one attached hydrogen (secondary N) is 1. The number of carbonyl (C=O) groups excluding carboxylic acids is 3. The Morgan fingerprint density at radius 1 is 0.889 bits per heavy atom. The van der Waals surface area contributed by atoms with Gasteiger partial charge in [-0.05, 0) is 32.8 Å². The van der Waals surface area contributed by atoms with Gasteiger partial charge in [0.15, 0.2) is 5.75 Å². The predicted molar refractivity (Wildman–Crippen MR) is 240 cm³/mol. The van der Waals surface area contributed by atoms with Gasteiger partial charge in [0.05, 0.1) is 53.0 Å². The minimum absolute atomic E-state index is 0.0432. The lowest BCUT2D eigenvalue weighted by Crippen LogP contribution is -2.46. The van der Waals surface area contributed by atoms with E-state index in [-0.39, 0.29) is 51.1 Å². The maximum Gasteiger partial charge on any atom is 0.312 e. The first-order valence-corrected chi connectivity index (χ1v) is 22.1. The fourth-order valence-electron chi connectivity index (χ4n) is 8.32. The molecule has 348 valence electrons. The number of carbonyl (C=O) groups is 3. The Bertz CT molecular complexity index is 2080. The second-order valence-corrected chi connectivity index (χ2v) is 17.2. The van der Waals surface area contributed by atoms with Crippen molar-refractivity contribution in [2.75, 3.05) is 19.0 Å². The fourth-order valence-corrected chi connectivity index (χ4v) is 8.32. The Hall–Kier alpha value is -5.12. The number of rotatable bonds is 13. The lowest BCUT2D eigenvalue weighted by molar-refractivity contribution is -0.160. The number of oxime groups is 1. The van der Waals surface area contributed by atoms with Crippen LogP contribution in [0.15, 0.2) is 41.3 Å². The third-order valence-corrected chi connectivity index (χ3v) is 12.4. The van der Waals surface area contributed by atoms with Crippen LogP contribution in [0.25, 0.3) is 10.8 Å². The number of hydrogen-bond acceptors (Lipinski definition) is 14. The summed E-state index contributed by atoms with van der Waals surface area (Å²) in [4.78, 5) is 46.1. The van der Waals surface area contributed by atoms with E-state index in [1.165, 1.54) is 78.9 Å². The lowest BCUT2D eigenvalue weighted by atomic mass is 9.78. The summed E-state index contributed by atoms with van der Waals surface area (Å²) in [6.45, 7) is 14.9. The number of methoxy groups -OCH3 is 1. The van der Waals surface area contributed by atoms with E-state index in [1.54, 1.807) is 39.8 Å². The normalized spacial score (nSPS) is 28.9. The van der Waals surface area contributed by atoms with Crippen molar-refractivity contribution in [1.29, 1.82) is 0 Å². The summed E-state index contributed by atoms with van der Waals surface area (Å²) < 4.78 is 23.6. The van der Waals surface area contributed by atoms with E-state index in [9.17, 15) is 39.9 Å². The molecule has 0 spiro atoms. The van der Waals surface area contributed by atoms with Crippen LogP contribution in [0.3, 0.4) is 0 Å². The summed E-state index contributed by atoms with van der Waals surface area (Å²) in [6.07, 6.45) is 13.3. The molecule has 0 radical (unpaired) electrons. The van der Waals surface area contributed by atoms with E-state index in [1.807, 2.05) is 0 Å². The van der Waals surface area contributed by atoms with Crippen molar-refractivity contribution in [2.45, 2.75) is 144 Å². The highest BCUT2D eigenvalue weighted by atomic mass is 16.7. The van der Waals surface area contributed by atoms with Crippen molar-refractivity contribution in [1.82, 2.24) is 0 Å². The van der Waals surface area contributed by atoms with Crippen LogP contribution >= 0.6 is 0 Å². The van der Waals surface area contributed by atoms with Crippen LogP contribution in [-0.4, -0.2) is 93.3 Å². The number of anilines is 1. The maximum atomic E-state index is 14.4. The van der Waals surface area contributed by atoms with Crippen LogP contribution in [0.1, 0.15) is 128 Å². The summed E-state index contributed by atoms with van der Waals surface area (Å²) in [6, 6.07) is 0. The number of fused-ring (bicyclic) bond motifs is 14. The van der Waals surface area contributed by atoms with E-state index in [2.05, 4.69) is 17.4 Å². The maximum absolute atomic E-state index is 14.4. The lowest BCUT2D eigenvalue weighted by Gasteiger charge is -2.38. The van der Waals surface area contributed by atoms with Crippen molar-refractivity contribution in [2.24, 2.45) is 28.8 Å². The average Bonchev–Trinajstić information content (AvgIpc) is 3.51. The minimum atomic E-state index is -2.06. The number of aliphatic hydroxyl groups excluding tert-OH is 2. The summed E-state index contributed by atoms with van der Waals surface area (Å²) in [5.74, 6) is -8.54. The molecule has 5 bridgehead atoms. The van der Waals surface area contributed by atoms with Crippen LogP contribution in [0.5, 0.6) is 23.0 Å². The zero-order chi connectivity index (χ0) is 46.8. The molecule has 0 saturated heterocycles. The Morgan fingerprint density at radius 2 is 1.54 bits per heavy atom. The number of aliphatic hydroxyl groups is 2. The van der Waals surface area contributed by atoms with Gasteiger partial charge in [-0.1, -0.05) is 96.5 Å². The van der Waals surface area contributed by atoms with E-state index < -0.39 is 88.8 Å². The molecule has 15 heteroatoms. The number of aromatic hydroxyl groups is 3. The van der Waals surface area contributed by atoms with Crippen LogP contribution in [-0.2, 0) is 28.6 Å². The molecule has 3 aliphatic heterocycles. The van der Waals surface area contributed by atoms with E-state index in [0.717, 1.165) is 31.9 Å². The summed E-state index contributed by atoms with van der Waals surface area (Å²) in [7, 11) is 1.43. The van der Waals surface area contributed by atoms with Gasteiger partial charge in [0.25, 0.3) is 11.7 Å². The first-order valence-electron chi connectivity index (χ1n) is 22.1. The molecule has 3 heterocycles. The van der Waals surface area contributed by atoms with Gasteiger partial charge in [-0.25, -0.2) is 0 Å². The molecule has 2 aromatic carbocycles. The van der Waals surface area contributed by atoms with Crippen LogP contribution in [0.4, 0.5) is 5.69 Å². The average molecular weight is 881 g/mol. The monoisotopic (exact) mass is 880 g/mol. The molecular formula is C48H68N2O13. The zero-order valence-corrected chi connectivity index (χ0v) is 38.4. The largest absolute Gasteiger partial charge is 0.507 e. The smallest absolute Gasteiger partial charge is 0.312 e. The first-order chi connectivity index (χ1) is 29.8. The zero-order valence-electron chi connectivity index (χ0n) is 38.4. The molecule has 1 amide bonds. The molecule has 0 unspecified atom stereocenters. The van der Waals surface area contributed by atoms with Crippen LogP contribution in [0.2, 0.25) is 0 Å². The van der Waals surface area contributed by atoms with Gasteiger partial charge in [0, 0.05) is 61.2 Å². The van der Waals surface area contributed by atoms with E-state index >= 15 is 0 Å². The topological polar surface area (TPSA) is 223 Å². The number of unbranched alkanes of at least 4 members (excludes halogenated alkanes) is 7. The number of Topliss-reactive ketones (excluding diaryl/α,β-unsaturated/α-hetero) is 1. The molecule has 63 heavy (non-hydrogen) atoms. The molecule has 5 rings (SSSR count). The molecule has 0 aliphatic carbocycles. The van der Waals surface area contributed by atoms with Gasteiger partial charge in [-0.2, -0.15) is 0 Å². The fraction of sp³-hybridized carbons (Fsp3) is 0.583. The molecule has 0 saturated carbocycles. The number of esters is 1. The second kappa shape index (κ2) is 22.5. The highest BCUT2D eigenvalue weighted by molar-refractivity contribution is 6.23. The standard InChI is InChI=1S/C48H68N2O13/c1-11-12-13-14-15-16-17-18-23-61-49-25-33-38-43(56)36-35(42(33)55)37-45(31(7)41(36)54)63-48(9,46(37)57)60-24-22-34(59-10)28(4)44(62-32(8)51)30(6)40(53)29(5)39(52)26(2)20-19-21-27(3)47(58)50-38/h19-22,24-26,28-30,34,39-40,44,52-56H,11-18,23H2,1-10H3,(H,50,58)/b20-19+,24-22+,27-21-,49-25+/t26-,28+,29+,30+,34-,39-,40+,44+,48-/m0/s1. The first kappa shape index (κ1) is 50.5. The van der Waals surface area contributed by atoms with Crippen molar-refractivity contribution < 1.29 is 63.7 Å². The second-order valence-electron chi connectivity index (χ2n) is 17.2. The Labute approximate surface area is 370 Å². The third-order valence-electron chi connectivity index (χ3n) is 12.4. The number of nitrogens with zero attached hydrogens (tertiary/aromatic N) is 1. The molecule has 0 fully saturated rings. The molecule has 3 aliphatic rings. The number of ether oxygens (including phenoxy) is 4. The minimum Gasteiger partial charge on any atom is -0.507 e. The number of benzene rings is 2. The molecule has 2 aromatic rings. The van der Waals surface area contributed by atoms with E-state index in [0.29, 0.717) is 0 Å². The molecule has 15 nitrogen and oxygen atoms in total. The third kappa shape index (κ3) is 11.5. The summed E-state index contributed by atoms with van der Waals surface area (Å²) in [5, 5.41) is 64.5. The summed E-state index contributed by atoms with van der Waals surface area (Å²) in [5.41, 5.74) is -0.533. The Balaban J connectivity index is 1.85. The number of allylic oxidation sites excluding steroid dienone is 2. The predicted octanol–water partition coefficient (Wildman–Crippen LogP) is 8.25. The SMILES string of the molecule is CCCCCCCCCCO/N=C/c1c2c(O)c3c(O)c(C)c4c(c3c1O)C(=O)[C@@](C)(O/C=C/[C@H](OC)[C@@H](C)[C@@H](OC(C)=O)[C@H](C)[C@H](O)[C@H](C)[C@@H](O)[C@@H](C)/C=C/C=C(/C)C(=O)N2)O4. The summed E-state index contributed by atoms with van der Waals surface area (Å²) >= 11 is 0. The Morgan fingerprint density at radius 3 is 2.17 bits per heavy atom.